The van der Waals surface area contributed by atoms with Crippen molar-refractivity contribution in [2.75, 3.05) is 0 Å². The molecule has 0 heterocycles. The summed E-state index contributed by atoms with van der Waals surface area (Å²) in [4.78, 5) is 21.3. The molecular formula is C12H10F3NO4. The van der Waals surface area contributed by atoms with Gasteiger partial charge in [0.2, 0.25) is 0 Å². The van der Waals surface area contributed by atoms with Gasteiger partial charge in [-0.15, -0.1) is 0 Å². The van der Waals surface area contributed by atoms with E-state index in [2.05, 4.69) is 0 Å². The minimum atomic E-state index is -4.71. The smallest absolute Gasteiger partial charge is 0.416 e. The standard InChI is InChI=1S/C12H10F3NO4/c13-12(14,15)7-2-3-8(9(6-7)16(19)20)11(10(17)18)4-1-5-11/h2-3,6H,1,4-5H2,(H,17,18). The van der Waals surface area contributed by atoms with Gasteiger partial charge < -0.3 is 5.11 Å². The van der Waals surface area contributed by atoms with Crippen molar-refractivity contribution in [3.8, 4) is 0 Å². The summed E-state index contributed by atoms with van der Waals surface area (Å²) in [6.07, 6.45) is -3.76. The minimum absolute atomic E-state index is 0.158. The Bertz CT molecular complexity index is 579. The lowest BCUT2D eigenvalue weighted by Crippen LogP contribution is -2.42. The molecule has 0 saturated heterocycles. The molecule has 8 heteroatoms. The fourth-order valence-electron chi connectivity index (χ4n) is 2.39. The van der Waals surface area contributed by atoms with Crippen molar-refractivity contribution in [2.24, 2.45) is 0 Å². The molecule has 5 nitrogen and oxygen atoms in total. The molecule has 1 saturated carbocycles. The average Bonchev–Trinajstić information content (AvgIpc) is 2.25. The zero-order chi connectivity index (χ0) is 15.1. The summed E-state index contributed by atoms with van der Waals surface area (Å²) in [5, 5.41) is 20.2. The van der Waals surface area contributed by atoms with Gasteiger partial charge in [0.15, 0.2) is 0 Å². The van der Waals surface area contributed by atoms with E-state index in [1.165, 1.54) is 0 Å². The van der Waals surface area contributed by atoms with Gasteiger partial charge >= 0.3 is 12.1 Å². The summed E-state index contributed by atoms with van der Waals surface area (Å²) in [6, 6.07) is 2.00. The van der Waals surface area contributed by atoms with Gasteiger partial charge in [0, 0.05) is 11.6 Å². The number of nitro groups is 1. The van der Waals surface area contributed by atoms with Crippen LogP contribution in [0.5, 0.6) is 0 Å². The highest BCUT2D eigenvalue weighted by atomic mass is 19.4. The third-order valence-corrected chi connectivity index (χ3v) is 3.65. The lowest BCUT2D eigenvalue weighted by atomic mass is 9.64. The Morgan fingerprint density at radius 2 is 1.95 bits per heavy atom. The highest BCUT2D eigenvalue weighted by Crippen LogP contribution is 2.48. The molecule has 1 aromatic carbocycles. The van der Waals surface area contributed by atoms with Gasteiger partial charge in [-0.1, -0.05) is 12.5 Å². The zero-order valence-corrected chi connectivity index (χ0v) is 10.1. The Labute approximate surface area is 111 Å². The third-order valence-electron chi connectivity index (χ3n) is 3.65. The average molecular weight is 289 g/mol. The Morgan fingerprint density at radius 3 is 2.30 bits per heavy atom. The van der Waals surface area contributed by atoms with Crippen LogP contribution >= 0.6 is 0 Å². The molecular weight excluding hydrogens is 279 g/mol. The predicted molar refractivity (Wildman–Crippen MR) is 61.3 cm³/mol. The van der Waals surface area contributed by atoms with Gasteiger partial charge in [-0.05, 0) is 18.9 Å². The second-order valence-electron chi connectivity index (χ2n) is 4.73. The number of nitro benzene ring substituents is 1. The van der Waals surface area contributed by atoms with Crippen LogP contribution in [0, 0.1) is 10.1 Å². The quantitative estimate of drug-likeness (QED) is 0.684. The number of aliphatic carboxylic acids is 1. The van der Waals surface area contributed by atoms with Crippen LogP contribution in [0.2, 0.25) is 0 Å². The van der Waals surface area contributed by atoms with E-state index in [0.717, 1.165) is 6.07 Å². The van der Waals surface area contributed by atoms with Crippen LogP contribution in [-0.2, 0) is 16.4 Å². The Balaban J connectivity index is 2.60. The number of rotatable bonds is 3. The first-order valence-corrected chi connectivity index (χ1v) is 5.78. The Kier molecular flexibility index (Phi) is 3.19. The first kappa shape index (κ1) is 14.3. The van der Waals surface area contributed by atoms with Gasteiger partial charge in [0.05, 0.1) is 15.9 Å². The number of halogens is 3. The molecule has 0 spiro atoms. The number of hydrogen-bond acceptors (Lipinski definition) is 3. The maximum Gasteiger partial charge on any atom is 0.416 e. The van der Waals surface area contributed by atoms with Crippen molar-refractivity contribution in [3.05, 3.63) is 39.4 Å². The van der Waals surface area contributed by atoms with Crippen LogP contribution in [0.3, 0.4) is 0 Å². The number of carbonyl (C=O) groups is 1. The van der Waals surface area contributed by atoms with Gasteiger partial charge in [-0.25, -0.2) is 0 Å². The van der Waals surface area contributed by atoms with E-state index >= 15 is 0 Å². The number of carboxylic acid groups (broad SMARTS) is 1. The van der Waals surface area contributed by atoms with Gasteiger partial charge in [0.1, 0.15) is 0 Å². The highest BCUT2D eigenvalue weighted by molar-refractivity contribution is 5.84. The fourth-order valence-corrected chi connectivity index (χ4v) is 2.39. The SMILES string of the molecule is O=C(O)C1(c2ccc(C(F)(F)F)cc2[N+](=O)[O-])CCC1. The summed E-state index contributed by atoms with van der Waals surface area (Å²) < 4.78 is 37.7. The molecule has 2 rings (SSSR count). The van der Waals surface area contributed by atoms with Gasteiger partial charge in [-0.3, -0.25) is 14.9 Å². The number of alkyl halides is 3. The molecule has 0 atom stereocenters. The second-order valence-corrected chi connectivity index (χ2v) is 4.73. The molecule has 0 bridgehead atoms. The molecule has 0 aliphatic heterocycles. The molecule has 20 heavy (non-hydrogen) atoms. The van der Waals surface area contributed by atoms with E-state index in [1.807, 2.05) is 0 Å². The first-order chi connectivity index (χ1) is 9.18. The molecule has 0 amide bonds. The normalized spacial score (nSPS) is 17.4. The molecule has 1 aliphatic rings. The monoisotopic (exact) mass is 289 g/mol. The van der Waals surface area contributed by atoms with Crippen molar-refractivity contribution >= 4 is 11.7 Å². The van der Waals surface area contributed by atoms with Crippen molar-refractivity contribution in [2.45, 2.75) is 30.9 Å². The molecule has 108 valence electrons. The zero-order valence-electron chi connectivity index (χ0n) is 10.1. The summed E-state index contributed by atoms with van der Waals surface area (Å²) in [5.74, 6) is -1.24. The summed E-state index contributed by atoms with van der Waals surface area (Å²) in [6.45, 7) is 0. The van der Waals surface area contributed by atoms with E-state index in [4.69, 9.17) is 0 Å². The number of nitrogens with zero attached hydrogens (tertiary/aromatic N) is 1. The van der Waals surface area contributed by atoms with E-state index < -0.39 is 33.7 Å². The van der Waals surface area contributed by atoms with Crippen LogP contribution in [0.15, 0.2) is 18.2 Å². The van der Waals surface area contributed by atoms with E-state index in [0.29, 0.717) is 18.6 Å². The van der Waals surface area contributed by atoms with Crippen molar-refractivity contribution in [1.82, 2.24) is 0 Å². The number of benzene rings is 1. The van der Waals surface area contributed by atoms with E-state index in [1.54, 1.807) is 0 Å². The fraction of sp³-hybridized carbons (Fsp3) is 0.417. The minimum Gasteiger partial charge on any atom is -0.481 e. The van der Waals surface area contributed by atoms with Crippen LogP contribution in [0.25, 0.3) is 0 Å². The summed E-state index contributed by atoms with van der Waals surface area (Å²) >= 11 is 0. The van der Waals surface area contributed by atoms with Crippen LogP contribution in [0.4, 0.5) is 18.9 Å². The van der Waals surface area contributed by atoms with Crippen LogP contribution in [0.1, 0.15) is 30.4 Å². The van der Waals surface area contributed by atoms with E-state index in [9.17, 15) is 33.2 Å². The predicted octanol–water partition coefficient (Wildman–Crippen LogP) is 3.12. The van der Waals surface area contributed by atoms with Crippen molar-refractivity contribution in [3.63, 3.8) is 0 Å². The molecule has 1 aromatic rings. The molecule has 0 radical (unpaired) electrons. The molecule has 0 aromatic heterocycles. The maximum atomic E-state index is 12.6. The van der Waals surface area contributed by atoms with E-state index in [-0.39, 0.29) is 18.4 Å². The molecule has 0 unspecified atom stereocenters. The Hall–Kier alpha value is -2.12. The maximum absolute atomic E-state index is 12.6. The third kappa shape index (κ3) is 2.10. The number of carboxylic acids is 1. The lowest BCUT2D eigenvalue weighted by molar-refractivity contribution is -0.386. The van der Waals surface area contributed by atoms with Crippen LogP contribution in [-0.4, -0.2) is 16.0 Å². The Morgan fingerprint density at radius 1 is 1.35 bits per heavy atom. The van der Waals surface area contributed by atoms with Gasteiger partial charge in [-0.2, -0.15) is 13.2 Å². The van der Waals surface area contributed by atoms with Gasteiger partial charge in [0.25, 0.3) is 5.69 Å². The largest absolute Gasteiger partial charge is 0.481 e. The summed E-state index contributed by atoms with van der Waals surface area (Å²) in [5.41, 5.74) is -3.55. The highest BCUT2D eigenvalue weighted by Gasteiger charge is 2.50. The second kappa shape index (κ2) is 4.46. The molecule has 1 aliphatic carbocycles. The lowest BCUT2D eigenvalue weighted by Gasteiger charge is -2.37. The van der Waals surface area contributed by atoms with Crippen molar-refractivity contribution in [1.29, 1.82) is 0 Å². The number of hydrogen-bond donors (Lipinski definition) is 1. The van der Waals surface area contributed by atoms with Crippen LogP contribution < -0.4 is 0 Å². The summed E-state index contributed by atoms with van der Waals surface area (Å²) in [7, 11) is 0. The molecule has 1 fully saturated rings. The topological polar surface area (TPSA) is 80.4 Å². The first-order valence-electron chi connectivity index (χ1n) is 5.78. The van der Waals surface area contributed by atoms with Crippen molar-refractivity contribution < 1.29 is 28.0 Å². The molecule has 1 N–H and O–H groups in total.